The highest BCUT2D eigenvalue weighted by Gasteiger charge is 2.75. The van der Waals surface area contributed by atoms with Gasteiger partial charge in [0.1, 0.15) is 17.8 Å². The van der Waals surface area contributed by atoms with E-state index in [-0.39, 0.29) is 34.4 Å². The molecule has 3 atom stereocenters. The molecule has 14 heteroatoms. The number of nitrogens with one attached hydrogen (secondary N) is 2. The van der Waals surface area contributed by atoms with Crippen molar-refractivity contribution >= 4 is 23.5 Å². The van der Waals surface area contributed by atoms with Gasteiger partial charge in [0.2, 0.25) is 11.9 Å². The number of carbonyl (C=O) groups is 2. The predicted molar refractivity (Wildman–Crippen MR) is 120 cm³/mol. The summed E-state index contributed by atoms with van der Waals surface area (Å²) in [5, 5.41) is 12.7. The number of rotatable bonds is 7. The Balaban J connectivity index is 1.24. The van der Waals surface area contributed by atoms with Crippen molar-refractivity contribution in [3.05, 3.63) is 47.9 Å². The molecule has 2 amide bonds. The molecule has 3 aromatic heterocycles. The molecule has 3 aromatic rings. The van der Waals surface area contributed by atoms with E-state index in [1.807, 2.05) is 0 Å². The third-order valence-electron chi connectivity index (χ3n) is 6.40. The van der Waals surface area contributed by atoms with Crippen LogP contribution in [0, 0.1) is 29.5 Å². The van der Waals surface area contributed by atoms with Gasteiger partial charge >= 0.3 is 6.09 Å². The lowest BCUT2D eigenvalue weighted by Gasteiger charge is -2.15. The van der Waals surface area contributed by atoms with Gasteiger partial charge in [0, 0.05) is 13.0 Å². The van der Waals surface area contributed by atoms with E-state index < -0.39 is 47.6 Å². The Bertz CT molecular complexity index is 1360. The number of alkyl halides is 2. The number of pyridine rings is 2. The van der Waals surface area contributed by atoms with Crippen LogP contribution in [0.3, 0.4) is 0 Å². The monoisotopic (exact) mass is 519 g/mol. The average molecular weight is 519 g/mol. The highest BCUT2D eigenvalue weighted by atomic mass is 19.3. The number of halogens is 4. The molecule has 3 heterocycles. The first-order valence-corrected chi connectivity index (χ1v) is 11.4. The fraction of sp³-hybridized carbons (Fsp3) is 0.391. The standard InChI is InChI=1S/C23H21F4N7O3/c1-10(14-7-12(24)8-29-19(14)25)37-22(36)31-20-18(32-33-34(20)2)15-6-5-13(9-28-15)30-21(35)17-16(11-3-4-11)23(17,26)27/h5-11,16-17H,3-4H2,1-2H3,(H,30,35)(H,31,36)/t10-,16+,17-/m1/s1. The molecule has 0 bridgehead atoms. The highest BCUT2D eigenvalue weighted by Crippen LogP contribution is 2.64. The van der Waals surface area contributed by atoms with Crippen LogP contribution >= 0.6 is 0 Å². The largest absolute Gasteiger partial charge is 0.441 e. The third-order valence-corrected chi connectivity index (χ3v) is 6.40. The number of anilines is 2. The van der Waals surface area contributed by atoms with Gasteiger partial charge in [0.15, 0.2) is 11.5 Å². The molecule has 37 heavy (non-hydrogen) atoms. The Kier molecular flexibility index (Phi) is 6.04. The number of amides is 2. The van der Waals surface area contributed by atoms with E-state index in [9.17, 15) is 27.2 Å². The first kappa shape index (κ1) is 24.6. The quantitative estimate of drug-likeness (QED) is 0.356. The predicted octanol–water partition coefficient (Wildman–Crippen LogP) is 4.09. The fourth-order valence-corrected chi connectivity index (χ4v) is 4.30. The zero-order chi connectivity index (χ0) is 26.5. The van der Waals surface area contributed by atoms with E-state index in [0.29, 0.717) is 6.20 Å². The SMILES string of the molecule is C[C@@H](OC(=O)Nc1c(-c2ccc(NC(=O)[C@H]3[C@H](C4CC4)C3(F)F)cn2)nnn1C)c1cc(F)cnc1F. The van der Waals surface area contributed by atoms with Gasteiger partial charge in [0.05, 0.1) is 29.3 Å². The van der Waals surface area contributed by atoms with Gasteiger partial charge in [-0.1, -0.05) is 5.21 Å². The van der Waals surface area contributed by atoms with E-state index in [4.69, 9.17) is 4.74 Å². The molecule has 2 aliphatic rings. The number of aromatic nitrogens is 5. The molecule has 2 fully saturated rings. The van der Waals surface area contributed by atoms with E-state index in [1.165, 1.54) is 37.0 Å². The summed E-state index contributed by atoms with van der Waals surface area (Å²) >= 11 is 0. The molecule has 5 rings (SSSR count). The zero-order valence-electron chi connectivity index (χ0n) is 19.6. The second-order valence-electron chi connectivity index (χ2n) is 9.05. The van der Waals surface area contributed by atoms with Crippen molar-refractivity contribution in [2.75, 3.05) is 10.6 Å². The fourth-order valence-electron chi connectivity index (χ4n) is 4.30. The lowest BCUT2D eigenvalue weighted by Crippen LogP contribution is -2.19. The summed E-state index contributed by atoms with van der Waals surface area (Å²) in [6.07, 6.45) is 1.27. The molecule has 0 aromatic carbocycles. The summed E-state index contributed by atoms with van der Waals surface area (Å²) in [6.45, 7) is 1.35. The van der Waals surface area contributed by atoms with Crippen molar-refractivity contribution in [2.24, 2.45) is 24.8 Å². The number of ether oxygens (including phenoxy) is 1. The number of aryl methyl sites for hydroxylation is 1. The molecule has 10 nitrogen and oxygen atoms in total. The number of hydrogen-bond donors (Lipinski definition) is 2. The summed E-state index contributed by atoms with van der Waals surface area (Å²) in [7, 11) is 1.49. The number of carbonyl (C=O) groups excluding carboxylic acids is 2. The van der Waals surface area contributed by atoms with E-state index >= 15 is 0 Å². The Morgan fingerprint density at radius 3 is 2.59 bits per heavy atom. The van der Waals surface area contributed by atoms with Gasteiger partial charge in [-0.05, 0) is 43.9 Å². The first-order valence-electron chi connectivity index (χ1n) is 11.4. The van der Waals surface area contributed by atoms with Crippen LogP contribution in [0.5, 0.6) is 0 Å². The van der Waals surface area contributed by atoms with Gasteiger partial charge < -0.3 is 10.1 Å². The molecule has 194 valence electrons. The second-order valence-corrected chi connectivity index (χ2v) is 9.05. The molecule has 0 saturated heterocycles. The Labute approximate surface area is 207 Å². The number of nitrogens with zero attached hydrogens (tertiary/aromatic N) is 5. The average Bonchev–Trinajstić information content (AvgIpc) is 3.73. The summed E-state index contributed by atoms with van der Waals surface area (Å²) in [4.78, 5) is 32.2. The van der Waals surface area contributed by atoms with Gasteiger partial charge in [-0.3, -0.25) is 15.1 Å². The second kappa shape index (κ2) is 9.09. The van der Waals surface area contributed by atoms with Crippen molar-refractivity contribution in [1.82, 2.24) is 25.0 Å². The molecule has 2 saturated carbocycles. The van der Waals surface area contributed by atoms with Crippen molar-refractivity contribution in [3.8, 4) is 11.4 Å². The lowest BCUT2D eigenvalue weighted by molar-refractivity contribution is -0.119. The zero-order valence-corrected chi connectivity index (χ0v) is 19.6. The van der Waals surface area contributed by atoms with Gasteiger partial charge in [-0.15, -0.1) is 5.10 Å². The van der Waals surface area contributed by atoms with Crippen LogP contribution in [-0.2, 0) is 16.6 Å². The minimum atomic E-state index is -2.98. The van der Waals surface area contributed by atoms with Crippen molar-refractivity contribution in [3.63, 3.8) is 0 Å². The maximum atomic E-state index is 14.0. The summed E-state index contributed by atoms with van der Waals surface area (Å²) < 4.78 is 61.6. The molecular formula is C23H21F4N7O3. The maximum Gasteiger partial charge on any atom is 0.413 e. The summed E-state index contributed by atoms with van der Waals surface area (Å²) in [5.41, 5.74) is 0.377. The van der Waals surface area contributed by atoms with Gasteiger partial charge in [0.25, 0.3) is 5.92 Å². The molecule has 0 radical (unpaired) electrons. The third kappa shape index (κ3) is 4.82. The lowest BCUT2D eigenvalue weighted by atomic mass is 10.2. The van der Waals surface area contributed by atoms with Crippen LogP contribution in [-0.4, -0.2) is 42.9 Å². The van der Waals surface area contributed by atoms with Crippen LogP contribution in [0.4, 0.5) is 33.9 Å². The normalized spacial score (nSPS) is 20.7. The van der Waals surface area contributed by atoms with Crippen LogP contribution in [0.15, 0.2) is 30.6 Å². The van der Waals surface area contributed by atoms with E-state index in [1.54, 1.807) is 0 Å². The van der Waals surface area contributed by atoms with Crippen molar-refractivity contribution in [1.29, 1.82) is 0 Å². The summed E-state index contributed by atoms with van der Waals surface area (Å²) in [5.74, 6) is -7.73. The molecule has 2 N–H and O–H groups in total. The Morgan fingerprint density at radius 2 is 1.92 bits per heavy atom. The van der Waals surface area contributed by atoms with Gasteiger partial charge in [-0.2, -0.15) is 4.39 Å². The van der Waals surface area contributed by atoms with Crippen LogP contribution in [0.1, 0.15) is 31.4 Å². The maximum absolute atomic E-state index is 14.0. The number of hydrogen-bond acceptors (Lipinski definition) is 7. The first-order chi connectivity index (χ1) is 17.6. The molecule has 0 aliphatic heterocycles. The van der Waals surface area contributed by atoms with Gasteiger partial charge in [-0.25, -0.2) is 27.6 Å². The molecular weight excluding hydrogens is 498 g/mol. The van der Waals surface area contributed by atoms with Crippen LogP contribution in [0.25, 0.3) is 11.4 Å². The van der Waals surface area contributed by atoms with E-state index in [0.717, 1.165) is 18.9 Å². The Hall–Kier alpha value is -4.10. The molecule has 2 aliphatic carbocycles. The molecule has 0 spiro atoms. The minimum absolute atomic E-state index is 0.0872. The topological polar surface area (TPSA) is 124 Å². The highest BCUT2D eigenvalue weighted by molar-refractivity contribution is 5.96. The summed E-state index contributed by atoms with van der Waals surface area (Å²) in [6, 6.07) is 3.81. The molecule has 0 unspecified atom stereocenters. The van der Waals surface area contributed by atoms with Crippen LogP contribution in [0.2, 0.25) is 0 Å². The Morgan fingerprint density at radius 1 is 1.16 bits per heavy atom. The van der Waals surface area contributed by atoms with Crippen molar-refractivity contribution in [2.45, 2.75) is 31.8 Å². The van der Waals surface area contributed by atoms with Crippen LogP contribution < -0.4 is 10.6 Å². The smallest absolute Gasteiger partial charge is 0.413 e. The van der Waals surface area contributed by atoms with E-state index in [2.05, 4.69) is 30.9 Å². The minimum Gasteiger partial charge on any atom is -0.441 e. The van der Waals surface area contributed by atoms with Crippen molar-refractivity contribution < 1.29 is 31.9 Å².